The van der Waals surface area contributed by atoms with Gasteiger partial charge in [-0.25, -0.2) is 23.5 Å². The van der Waals surface area contributed by atoms with Crippen LogP contribution in [0.3, 0.4) is 0 Å². The molecule has 0 bridgehead atoms. The minimum absolute atomic E-state index is 0.00361. The first-order chi connectivity index (χ1) is 42.9. The molecule has 0 unspecified atom stereocenters. The standard InChI is InChI=1S/C63H85FN12O14/c1-38(2)56(69-52(79)12-8-7-9-26-75-53(80)21-22-54(75)81)60(84)68-49(11-10-25-66-61(65)85)59(83)67-45-17-15-43(16-18-45)37-88-62(86)73-29-31-74(32-30-73)63(87)89-51-20-14-40(4)58(90-55(82)36-47(78)19-13-39(51)3)41(5)33-44-34-48(64)57-50(35-44)76(71-70-57)46-23-27-72(28-24-46)42(6)77/h14-18,20-22,33-35,38-40,46-47,49,51,56,58,78H,7-13,19,23-32,36-37H2,1-6H3,(H,67,83)(H,68,84)(H,69,79)(H3,65,66,85)/b20-14+,41-33+/t39-,40-,47+,49-,51-,56-,58-/m0/s1. The van der Waals surface area contributed by atoms with Gasteiger partial charge in [0.15, 0.2) is 5.82 Å². The second-order valence-electron chi connectivity index (χ2n) is 23.9. The molecule has 2 fully saturated rings. The maximum Gasteiger partial charge on any atom is 0.410 e. The van der Waals surface area contributed by atoms with Crippen molar-refractivity contribution in [2.45, 2.75) is 155 Å². The number of esters is 1. The van der Waals surface area contributed by atoms with E-state index >= 15 is 4.39 Å². The zero-order chi connectivity index (χ0) is 65.2. The van der Waals surface area contributed by atoms with Crippen LogP contribution in [0.15, 0.2) is 66.3 Å². The van der Waals surface area contributed by atoms with Crippen molar-refractivity contribution in [3.05, 3.63) is 83.2 Å². The molecule has 3 aromatic rings. The minimum Gasteiger partial charge on any atom is -0.457 e. The van der Waals surface area contributed by atoms with Gasteiger partial charge in [-0.3, -0.25) is 38.5 Å². The maximum atomic E-state index is 15.6. The number of piperazine rings is 1. The number of rotatable bonds is 22. The molecule has 0 aliphatic carbocycles. The summed E-state index contributed by atoms with van der Waals surface area (Å²) in [5.41, 5.74) is 7.89. The largest absolute Gasteiger partial charge is 0.457 e. The number of benzene rings is 2. The van der Waals surface area contributed by atoms with Crippen molar-refractivity contribution < 1.29 is 71.7 Å². The van der Waals surface area contributed by atoms with Crippen molar-refractivity contribution >= 4 is 82.4 Å². The van der Waals surface area contributed by atoms with Gasteiger partial charge in [0.25, 0.3) is 11.8 Å². The number of aromatic nitrogens is 3. The average Bonchev–Trinajstić information content (AvgIpc) is 2.00. The molecular weight excluding hydrogens is 1170 g/mol. The van der Waals surface area contributed by atoms with E-state index in [1.165, 1.54) is 34.9 Å². The number of aliphatic hydroxyl groups excluding tert-OH is 1. The molecule has 1 aromatic heterocycles. The molecule has 488 valence electrons. The highest BCUT2D eigenvalue weighted by molar-refractivity contribution is 6.12. The van der Waals surface area contributed by atoms with Crippen LogP contribution in [0.2, 0.25) is 0 Å². The Morgan fingerprint density at radius 2 is 1.50 bits per heavy atom. The van der Waals surface area contributed by atoms with Gasteiger partial charge in [0, 0.05) is 89.5 Å². The molecule has 10 amide bonds. The van der Waals surface area contributed by atoms with Crippen LogP contribution in [0.1, 0.15) is 129 Å². The van der Waals surface area contributed by atoms with Gasteiger partial charge in [-0.2, -0.15) is 0 Å². The molecule has 90 heavy (non-hydrogen) atoms. The zero-order valence-corrected chi connectivity index (χ0v) is 52.0. The predicted molar refractivity (Wildman–Crippen MR) is 327 cm³/mol. The molecule has 2 saturated heterocycles. The summed E-state index contributed by atoms with van der Waals surface area (Å²) in [6, 6.07) is 6.73. The third-order valence-electron chi connectivity index (χ3n) is 16.6. The molecule has 0 saturated carbocycles. The van der Waals surface area contributed by atoms with Crippen LogP contribution < -0.4 is 27.0 Å². The number of hydrogen-bond donors (Lipinski definition) is 6. The number of hydrogen-bond acceptors (Lipinski definition) is 16. The summed E-state index contributed by atoms with van der Waals surface area (Å²) in [7, 11) is 0. The number of unbranched alkanes of at least 4 members (excludes halogenated alkanes) is 2. The van der Waals surface area contributed by atoms with Crippen molar-refractivity contribution in [3.8, 4) is 0 Å². The summed E-state index contributed by atoms with van der Waals surface area (Å²) in [6.45, 7) is 12.5. The highest BCUT2D eigenvalue weighted by atomic mass is 19.1. The van der Waals surface area contributed by atoms with Gasteiger partial charge in [-0.1, -0.05) is 63.6 Å². The maximum absolute atomic E-state index is 15.6. The Morgan fingerprint density at radius 1 is 0.822 bits per heavy atom. The van der Waals surface area contributed by atoms with Crippen molar-refractivity contribution in [1.29, 1.82) is 0 Å². The van der Waals surface area contributed by atoms with Crippen LogP contribution in [0.4, 0.5) is 24.5 Å². The summed E-state index contributed by atoms with van der Waals surface area (Å²) in [5, 5.41) is 30.1. The molecule has 7 N–H and O–H groups in total. The lowest BCUT2D eigenvalue weighted by molar-refractivity contribution is -0.151. The van der Waals surface area contributed by atoms with E-state index in [2.05, 4.69) is 31.6 Å². The fraction of sp³-hybridized carbons (Fsp3) is 0.556. The summed E-state index contributed by atoms with van der Waals surface area (Å²) >= 11 is 0. The first-order valence-electron chi connectivity index (χ1n) is 30.9. The first-order valence-corrected chi connectivity index (χ1v) is 30.9. The molecular formula is C63H85FN12O14. The number of nitrogens with one attached hydrogen (secondary N) is 4. The number of fused-ring (bicyclic) bond motifs is 1. The fourth-order valence-corrected chi connectivity index (χ4v) is 11.2. The van der Waals surface area contributed by atoms with Gasteiger partial charge in [-0.15, -0.1) is 5.10 Å². The molecule has 5 heterocycles. The molecule has 4 aliphatic rings. The molecule has 0 radical (unpaired) electrons. The number of aliphatic hydroxyl groups is 1. The normalized spacial score (nSPS) is 21.4. The lowest BCUT2D eigenvalue weighted by atomic mass is 9.91. The van der Waals surface area contributed by atoms with Gasteiger partial charge < -0.3 is 61.0 Å². The number of piperidine rings is 1. The number of nitrogens with zero attached hydrogens (tertiary/aromatic N) is 7. The van der Waals surface area contributed by atoms with Gasteiger partial charge in [0.05, 0.1) is 24.1 Å². The second-order valence-corrected chi connectivity index (χ2v) is 23.9. The van der Waals surface area contributed by atoms with Gasteiger partial charge in [0.2, 0.25) is 23.6 Å². The fourth-order valence-electron chi connectivity index (χ4n) is 11.2. The van der Waals surface area contributed by atoms with Crippen LogP contribution in [0.25, 0.3) is 17.1 Å². The summed E-state index contributed by atoms with van der Waals surface area (Å²) < 4.78 is 35.1. The molecule has 26 nitrogen and oxygen atoms in total. The molecule has 0 spiro atoms. The van der Waals surface area contributed by atoms with Crippen LogP contribution in [-0.4, -0.2) is 182 Å². The number of primary amides is 1. The average molecular weight is 1250 g/mol. The van der Waals surface area contributed by atoms with E-state index in [4.69, 9.17) is 19.9 Å². The summed E-state index contributed by atoms with van der Waals surface area (Å²) in [6.07, 6.45) is 7.58. The quantitative estimate of drug-likeness (QED) is 0.0241. The number of nitrogens with two attached hydrogens (primary N) is 1. The zero-order valence-electron chi connectivity index (χ0n) is 52.0. The third kappa shape index (κ3) is 19.6. The molecule has 7 rings (SSSR count). The molecule has 2 aromatic carbocycles. The predicted octanol–water partition coefficient (Wildman–Crippen LogP) is 5.40. The number of anilines is 1. The topological polar surface area (TPSA) is 336 Å². The van der Waals surface area contributed by atoms with E-state index in [0.717, 1.165) is 4.90 Å². The number of imide groups is 1. The Kier molecular flexibility index (Phi) is 24.9. The Morgan fingerprint density at radius 3 is 2.16 bits per heavy atom. The van der Waals surface area contributed by atoms with Crippen molar-refractivity contribution in [3.63, 3.8) is 0 Å². The molecule has 27 heteroatoms. The number of likely N-dealkylation sites (tertiary alicyclic amines) is 1. The third-order valence-corrected chi connectivity index (χ3v) is 16.6. The lowest BCUT2D eigenvalue weighted by Crippen LogP contribution is -2.54. The van der Waals surface area contributed by atoms with Crippen molar-refractivity contribution in [1.82, 2.24) is 50.5 Å². The molecule has 7 atom stereocenters. The van der Waals surface area contributed by atoms with E-state index in [0.29, 0.717) is 79.5 Å². The summed E-state index contributed by atoms with van der Waals surface area (Å²) in [4.78, 5) is 133. The molecule has 4 aliphatic heterocycles. The summed E-state index contributed by atoms with van der Waals surface area (Å²) in [5.74, 6) is -4.56. The number of urea groups is 1. The number of ether oxygens (including phenoxy) is 3. The van der Waals surface area contributed by atoms with Crippen molar-refractivity contribution in [2.75, 3.05) is 57.7 Å². The Balaban J connectivity index is 0.890. The second kappa shape index (κ2) is 32.6. The van der Waals surface area contributed by atoms with Gasteiger partial charge in [-0.05, 0) is 117 Å². The minimum atomic E-state index is -1.09. The van der Waals surface area contributed by atoms with Gasteiger partial charge >= 0.3 is 24.2 Å². The SMILES string of the molecule is CC(=O)N1CCC(n2nnc3c(F)cc(/C=C(\C)[C@H]4OC(=O)C[C@H](O)CC[C@H](C)[C@@H](OC(=O)N5CCN(C(=O)OCc6ccc(NC(=O)[C@H](CCCNC(N)=O)NC(=O)[C@@H](NC(=O)CCCCCN7C(=O)C=CC7=O)C(C)C)cc6)CC5)/C=C/[C@@H]4C)cc32)CC1. The number of carbonyl (C=O) groups is 10. The number of amides is 10. The van der Waals surface area contributed by atoms with E-state index < -0.39 is 78.1 Å². The van der Waals surface area contributed by atoms with Crippen molar-refractivity contribution in [2.24, 2.45) is 23.5 Å². The van der Waals surface area contributed by atoms with E-state index in [9.17, 15) is 53.1 Å². The van der Waals surface area contributed by atoms with E-state index in [-0.39, 0.29) is 125 Å². The Bertz CT molecular complexity index is 3150. The van der Waals surface area contributed by atoms with E-state index in [1.807, 2.05) is 19.9 Å². The van der Waals surface area contributed by atoms with Gasteiger partial charge in [0.1, 0.15) is 36.4 Å². The van der Waals surface area contributed by atoms with Crippen LogP contribution >= 0.6 is 0 Å². The number of carbonyl (C=O) groups excluding carboxylic acids is 10. The Hall–Kier alpha value is -8.75. The number of cyclic esters (lactones) is 1. The monoisotopic (exact) mass is 1250 g/mol. The Labute approximate surface area is 522 Å². The smallest absolute Gasteiger partial charge is 0.410 e. The van der Waals surface area contributed by atoms with Crippen LogP contribution in [-0.2, 0) is 54.4 Å². The first kappa shape index (κ1) is 68.7. The number of halogens is 1. The highest BCUT2D eigenvalue weighted by Crippen LogP contribution is 2.31. The highest BCUT2D eigenvalue weighted by Gasteiger charge is 2.33. The lowest BCUT2D eigenvalue weighted by Gasteiger charge is -2.35. The van der Waals surface area contributed by atoms with E-state index in [1.54, 1.807) is 72.8 Å². The van der Waals surface area contributed by atoms with Crippen LogP contribution in [0, 0.1) is 23.6 Å². The van der Waals surface area contributed by atoms with Crippen LogP contribution in [0.5, 0.6) is 0 Å².